The van der Waals surface area contributed by atoms with Crippen molar-refractivity contribution in [1.82, 2.24) is 5.32 Å². The molecule has 2 rings (SSSR count). The van der Waals surface area contributed by atoms with Crippen LogP contribution in [-0.2, 0) is 12.0 Å². The van der Waals surface area contributed by atoms with E-state index in [2.05, 4.69) is 52.1 Å². The molecule has 0 bridgehead atoms. The summed E-state index contributed by atoms with van der Waals surface area (Å²) in [6.07, 6.45) is 0. The van der Waals surface area contributed by atoms with E-state index in [1.165, 1.54) is 31.7 Å². The summed E-state index contributed by atoms with van der Waals surface area (Å²) in [7, 11) is 2.02. The van der Waals surface area contributed by atoms with Crippen LogP contribution in [-0.4, -0.2) is 7.05 Å². The molecule has 1 aromatic carbocycles. The summed E-state index contributed by atoms with van der Waals surface area (Å²) < 4.78 is 1.45. The largest absolute Gasteiger partial charge is 0.315 e. The van der Waals surface area contributed by atoms with E-state index in [0.717, 1.165) is 6.54 Å². The number of benzene rings is 1. The Morgan fingerprint density at radius 3 is 2.39 bits per heavy atom. The van der Waals surface area contributed by atoms with Crippen LogP contribution in [0, 0.1) is 13.8 Å². The van der Waals surface area contributed by atoms with Crippen molar-refractivity contribution < 1.29 is 0 Å². The van der Waals surface area contributed by atoms with Crippen molar-refractivity contribution in [1.29, 1.82) is 0 Å². The third-order valence-corrected chi connectivity index (χ3v) is 4.62. The van der Waals surface area contributed by atoms with E-state index < -0.39 is 0 Å². The maximum Gasteiger partial charge on any atom is 0.0378 e. The highest BCUT2D eigenvalue weighted by atomic mass is 32.1. The molecule has 0 saturated carbocycles. The van der Waals surface area contributed by atoms with Crippen molar-refractivity contribution in [3.63, 3.8) is 0 Å². The molecule has 0 aliphatic carbocycles. The molecule has 2 aromatic rings. The van der Waals surface area contributed by atoms with Gasteiger partial charge >= 0.3 is 0 Å². The zero-order valence-electron chi connectivity index (χ0n) is 12.3. The van der Waals surface area contributed by atoms with Crippen molar-refractivity contribution in [2.24, 2.45) is 0 Å². The fraction of sp³-hybridized carbons (Fsp3) is 0.500. The number of nitrogens with one attached hydrogen (secondary N) is 1. The smallest absolute Gasteiger partial charge is 0.0378 e. The van der Waals surface area contributed by atoms with Crippen LogP contribution in [0.2, 0.25) is 0 Å². The molecule has 0 aliphatic rings. The first kappa shape index (κ1) is 13.6. The summed E-state index contributed by atoms with van der Waals surface area (Å²) in [4.78, 5) is 1.48. The lowest BCUT2D eigenvalue weighted by Gasteiger charge is -2.21. The van der Waals surface area contributed by atoms with Crippen LogP contribution in [0.4, 0.5) is 0 Å². The maximum atomic E-state index is 3.30. The Hall–Kier alpha value is -0.860. The minimum Gasteiger partial charge on any atom is -0.315 e. The van der Waals surface area contributed by atoms with Gasteiger partial charge in [0.1, 0.15) is 0 Å². The van der Waals surface area contributed by atoms with E-state index in [0.29, 0.717) is 0 Å². The van der Waals surface area contributed by atoms with Gasteiger partial charge in [-0.2, -0.15) is 0 Å². The molecular formula is C16H23NS. The summed E-state index contributed by atoms with van der Waals surface area (Å²) in [6, 6.07) is 4.63. The summed E-state index contributed by atoms with van der Waals surface area (Å²) in [5.74, 6) is 0. The molecular weight excluding hydrogens is 238 g/mol. The SMILES string of the molecule is CNCc1sc2c(C)cc(C)cc2c1C(C)(C)C. The monoisotopic (exact) mass is 261 g/mol. The molecule has 1 nitrogen and oxygen atoms in total. The molecule has 0 atom stereocenters. The predicted molar refractivity (Wildman–Crippen MR) is 82.8 cm³/mol. The summed E-state index contributed by atoms with van der Waals surface area (Å²) >= 11 is 1.95. The standard InChI is InChI=1S/C16H23NS/c1-10-7-11(2)15-12(8-10)14(16(3,4)5)13(18-15)9-17-6/h7-8,17H,9H2,1-6H3. The Balaban J connectivity index is 2.81. The average molecular weight is 261 g/mol. The zero-order chi connectivity index (χ0) is 13.5. The second-order valence-electron chi connectivity index (χ2n) is 6.14. The van der Waals surface area contributed by atoms with Gasteiger partial charge in [0.05, 0.1) is 0 Å². The van der Waals surface area contributed by atoms with Gasteiger partial charge in [-0.25, -0.2) is 0 Å². The van der Waals surface area contributed by atoms with Crippen LogP contribution in [0.5, 0.6) is 0 Å². The molecule has 0 spiro atoms. The van der Waals surface area contributed by atoms with Gasteiger partial charge in [-0.3, -0.25) is 0 Å². The highest BCUT2D eigenvalue weighted by molar-refractivity contribution is 7.19. The second-order valence-corrected chi connectivity index (χ2v) is 7.24. The number of aryl methyl sites for hydroxylation is 2. The molecule has 0 aliphatic heterocycles. The number of rotatable bonds is 2. The van der Waals surface area contributed by atoms with Crippen LogP contribution in [0.25, 0.3) is 10.1 Å². The van der Waals surface area contributed by atoms with Gasteiger partial charge in [0.2, 0.25) is 0 Å². The van der Waals surface area contributed by atoms with Gasteiger partial charge in [-0.1, -0.05) is 38.5 Å². The molecule has 2 heteroatoms. The van der Waals surface area contributed by atoms with E-state index in [4.69, 9.17) is 0 Å². The van der Waals surface area contributed by atoms with Crippen molar-refractivity contribution in [2.45, 2.75) is 46.6 Å². The number of hydrogen-bond acceptors (Lipinski definition) is 2. The van der Waals surface area contributed by atoms with E-state index >= 15 is 0 Å². The van der Waals surface area contributed by atoms with E-state index in [9.17, 15) is 0 Å². The Bertz CT molecular complexity index is 573. The molecule has 0 radical (unpaired) electrons. The first-order chi connectivity index (χ1) is 8.34. The highest BCUT2D eigenvalue weighted by Crippen LogP contribution is 2.40. The van der Waals surface area contributed by atoms with Gasteiger partial charge in [-0.05, 0) is 42.8 Å². The third-order valence-electron chi connectivity index (χ3n) is 3.28. The lowest BCUT2D eigenvalue weighted by molar-refractivity contribution is 0.588. The van der Waals surface area contributed by atoms with E-state index in [1.54, 1.807) is 0 Å². The van der Waals surface area contributed by atoms with Gasteiger partial charge < -0.3 is 5.32 Å². The number of fused-ring (bicyclic) bond motifs is 1. The molecule has 0 saturated heterocycles. The predicted octanol–water partition coefficient (Wildman–Crippen LogP) is 4.54. The highest BCUT2D eigenvalue weighted by Gasteiger charge is 2.23. The molecule has 18 heavy (non-hydrogen) atoms. The van der Waals surface area contributed by atoms with Crippen LogP contribution in [0.15, 0.2) is 12.1 Å². The molecule has 0 amide bonds. The molecule has 1 heterocycles. The van der Waals surface area contributed by atoms with Crippen LogP contribution < -0.4 is 5.32 Å². The van der Waals surface area contributed by atoms with Gasteiger partial charge in [0.15, 0.2) is 0 Å². The first-order valence-electron chi connectivity index (χ1n) is 6.52. The normalized spacial score (nSPS) is 12.3. The summed E-state index contributed by atoms with van der Waals surface area (Å²) in [6.45, 7) is 12.3. The van der Waals surface area contributed by atoms with Crippen LogP contribution in [0.1, 0.15) is 42.3 Å². The zero-order valence-corrected chi connectivity index (χ0v) is 13.1. The van der Waals surface area contributed by atoms with Gasteiger partial charge in [-0.15, -0.1) is 11.3 Å². The van der Waals surface area contributed by atoms with Crippen molar-refractivity contribution >= 4 is 21.4 Å². The maximum absolute atomic E-state index is 3.30. The molecule has 1 aromatic heterocycles. The topological polar surface area (TPSA) is 12.0 Å². The number of hydrogen-bond donors (Lipinski definition) is 1. The van der Waals surface area contributed by atoms with Crippen molar-refractivity contribution in [3.8, 4) is 0 Å². The van der Waals surface area contributed by atoms with E-state index in [1.807, 2.05) is 18.4 Å². The summed E-state index contributed by atoms with van der Waals surface area (Å²) in [5, 5.41) is 4.76. The fourth-order valence-corrected chi connectivity index (χ4v) is 4.18. The number of thiophene rings is 1. The Labute approximate surface area is 114 Å². The fourth-order valence-electron chi connectivity index (χ4n) is 2.71. The minimum absolute atomic E-state index is 0.199. The molecule has 98 valence electrons. The average Bonchev–Trinajstić information content (AvgIpc) is 2.56. The lowest BCUT2D eigenvalue weighted by Crippen LogP contribution is -2.15. The van der Waals surface area contributed by atoms with Gasteiger partial charge in [0, 0.05) is 16.1 Å². The Morgan fingerprint density at radius 2 is 1.83 bits per heavy atom. The molecule has 0 unspecified atom stereocenters. The second kappa shape index (κ2) is 4.67. The quantitative estimate of drug-likeness (QED) is 0.837. The Kier molecular flexibility index (Phi) is 3.52. The van der Waals surface area contributed by atoms with Crippen LogP contribution >= 0.6 is 11.3 Å². The van der Waals surface area contributed by atoms with E-state index in [-0.39, 0.29) is 5.41 Å². The van der Waals surface area contributed by atoms with Crippen molar-refractivity contribution in [3.05, 3.63) is 33.7 Å². The molecule has 1 N–H and O–H groups in total. The lowest BCUT2D eigenvalue weighted by atomic mass is 9.84. The first-order valence-corrected chi connectivity index (χ1v) is 7.34. The third kappa shape index (κ3) is 2.32. The molecule has 0 fully saturated rings. The van der Waals surface area contributed by atoms with Crippen molar-refractivity contribution in [2.75, 3.05) is 7.05 Å². The van der Waals surface area contributed by atoms with Crippen LogP contribution in [0.3, 0.4) is 0 Å². The Morgan fingerprint density at radius 1 is 1.17 bits per heavy atom. The summed E-state index contributed by atoms with van der Waals surface area (Å²) in [5.41, 5.74) is 4.48. The van der Waals surface area contributed by atoms with Gasteiger partial charge in [0.25, 0.3) is 0 Å². The minimum atomic E-state index is 0.199.